The maximum atomic E-state index is 9.96. The van der Waals surface area contributed by atoms with E-state index < -0.39 is 6.10 Å². The van der Waals surface area contributed by atoms with Crippen molar-refractivity contribution in [3.63, 3.8) is 0 Å². The van der Waals surface area contributed by atoms with E-state index in [0.29, 0.717) is 5.69 Å². The second-order valence-electron chi connectivity index (χ2n) is 4.07. The molecule has 3 N–H and O–H groups in total. The molecule has 1 unspecified atom stereocenters. The fourth-order valence-corrected chi connectivity index (χ4v) is 1.77. The van der Waals surface area contributed by atoms with E-state index in [1.54, 1.807) is 0 Å². The van der Waals surface area contributed by atoms with Crippen molar-refractivity contribution in [2.24, 2.45) is 0 Å². The Labute approximate surface area is 97.8 Å². The van der Waals surface area contributed by atoms with Gasteiger partial charge in [-0.2, -0.15) is 0 Å². The number of allylic oxidation sites excluding steroid dienone is 1. The minimum atomic E-state index is -0.426. The van der Waals surface area contributed by atoms with Gasteiger partial charge in [0.05, 0.1) is 6.10 Å². The van der Waals surface area contributed by atoms with Crippen molar-refractivity contribution in [2.45, 2.75) is 38.2 Å². The van der Waals surface area contributed by atoms with Gasteiger partial charge in [-0.1, -0.05) is 37.1 Å². The largest absolute Gasteiger partial charge is 0.398 e. The number of nitrogen functional groups attached to an aromatic ring is 1. The zero-order valence-corrected chi connectivity index (χ0v) is 9.73. The summed E-state index contributed by atoms with van der Waals surface area (Å²) in [6.07, 6.45) is 6.67. The van der Waals surface area contributed by atoms with E-state index in [9.17, 15) is 5.11 Å². The molecule has 0 aromatic heterocycles. The maximum absolute atomic E-state index is 9.96. The van der Waals surface area contributed by atoms with Gasteiger partial charge in [0.2, 0.25) is 0 Å². The monoisotopic (exact) mass is 219 g/mol. The summed E-state index contributed by atoms with van der Waals surface area (Å²) in [5.74, 6) is 0. The van der Waals surface area contributed by atoms with Gasteiger partial charge in [-0.05, 0) is 25.3 Å². The number of rotatable bonds is 7. The average Bonchev–Trinajstić information content (AvgIpc) is 2.29. The molecule has 88 valence electrons. The highest BCUT2D eigenvalue weighted by Crippen LogP contribution is 2.24. The van der Waals surface area contributed by atoms with Gasteiger partial charge in [-0.15, -0.1) is 6.58 Å². The summed E-state index contributed by atoms with van der Waals surface area (Å²) in [6, 6.07) is 7.52. The summed E-state index contributed by atoms with van der Waals surface area (Å²) in [4.78, 5) is 0. The number of hydrogen-bond donors (Lipinski definition) is 2. The van der Waals surface area contributed by atoms with Crippen LogP contribution in [0.4, 0.5) is 5.69 Å². The molecule has 1 rings (SSSR count). The summed E-state index contributed by atoms with van der Waals surface area (Å²) >= 11 is 0. The average molecular weight is 219 g/mol. The van der Waals surface area contributed by atoms with Crippen molar-refractivity contribution in [1.29, 1.82) is 0 Å². The molecule has 0 aliphatic heterocycles. The fraction of sp³-hybridized carbons (Fsp3) is 0.429. The van der Waals surface area contributed by atoms with Crippen LogP contribution in [0, 0.1) is 0 Å². The van der Waals surface area contributed by atoms with Crippen LogP contribution in [-0.2, 0) is 0 Å². The number of para-hydroxylation sites is 1. The highest BCUT2D eigenvalue weighted by atomic mass is 16.3. The molecular formula is C14H21NO. The van der Waals surface area contributed by atoms with Crippen molar-refractivity contribution >= 4 is 5.69 Å². The molecule has 0 aliphatic rings. The smallest absolute Gasteiger partial charge is 0.0809 e. The molecule has 0 heterocycles. The lowest BCUT2D eigenvalue weighted by Gasteiger charge is -2.12. The number of aliphatic hydroxyl groups is 1. The van der Waals surface area contributed by atoms with E-state index in [1.807, 2.05) is 30.3 Å². The van der Waals surface area contributed by atoms with Crippen LogP contribution in [0.5, 0.6) is 0 Å². The molecule has 2 heteroatoms. The summed E-state index contributed by atoms with van der Waals surface area (Å²) in [7, 11) is 0. The third-order valence-corrected chi connectivity index (χ3v) is 2.74. The summed E-state index contributed by atoms with van der Waals surface area (Å²) in [5, 5.41) is 9.96. The second-order valence-corrected chi connectivity index (χ2v) is 4.07. The Hall–Kier alpha value is -1.28. The molecule has 1 aromatic rings. The quantitative estimate of drug-likeness (QED) is 0.419. The third kappa shape index (κ3) is 4.07. The Balaban J connectivity index is 2.32. The first kappa shape index (κ1) is 12.8. The number of anilines is 1. The van der Waals surface area contributed by atoms with Gasteiger partial charge in [0.15, 0.2) is 0 Å². The van der Waals surface area contributed by atoms with Gasteiger partial charge in [-0.3, -0.25) is 0 Å². The number of unbranched alkanes of at least 4 members (excludes halogenated alkanes) is 3. The minimum absolute atomic E-state index is 0.426. The van der Waals surface area contributed by atoms with Crippen LogP contribution < -0.4 is 5.73 Å². The molecule has 2 nitrogen and oxygen atoms in total. The van der Waals surface area contributed by atoms with E-state index in [1.165, 1.54) is 0 Å². The fourth-order valence-electron chi connectivity index (χ4n) is 1.77. The van der Waals surface area contributed by atoms with Crippen LogP contribution in [0.15, 0.2) is 36.9 Å². The normalized spacial score (nSPS) is 12.3. The maximum Gasteiger partial charge on any atom is 0.0809 e. The molecule has 1 aromatic carbocycles. The summed E-state index contributed by atoms with van der Waals surface area (Å²) < 4.78 is 0. The first-order chi connectivity index (χ1) is 7.75. The van der Waals surface area contributed by atoms with Crippen LogP contribution in [0.3, 0.4) is 0 Å². The molecule has 0 spiro atoms. The molecule has 0 amide bonds. The standard InChI is InChI=1S/C14H21NO/c1-2-3-4-5-6-11-14(16)12-9-7-8-10-13(12)15/h2,7-10,14,16H,1,3-6,11,15H2. The van der Waals surface area contributed by atoms with E-state index in [2.05, 4.69) is 6.58 Å². The molecule has 0 radical (unpaired) electrons. The Morgan fingerprint density at radius 2 is 2.00 bits per heavy atom. The van der Waals surface area contributed by atoms with E-state index >= 15 is 0 Å². The van der Waals surface area contributed by atoms with Crippen LogP contribution in [0.1, 0.15) is 43.8 Å². The lowest BCUT2D eigenvalue weighted by Crippen LogP contribution is -2.01. The molecule has 0 saturated carbocycles. The molecule has 0 bridgehead atoms. The van der Waals surface area contributed by atoms with Gasteiger partial charge in [0, 0.05) is 11.3 Å². The second kappa shape index (κ2) is 7.07. The highest BCUT2D eigenvalue weighted by Gasteiger charge is 2.09. The SMILES string of the molecule is C=CCCCCCC(O)c1ccccc1N. The van der Waals surface area contributed by atoms with Crippen molar-refractivity contribution in [3.8, 4) is 0 Å². The molecule has 0 aliphatic carbocycles. The Bertz CT molecular complexity index is 322. The van der Waals surface area contributed by atoms with Gasteiger partial charge in [-0.25, -0.2) is 0 Å². The number of benzene rings is 1. The topological polar surface area (TPSA) is 46.2 Å². The van der Waals surface area contributed by atoms with Crippen LogP contribution in [0.2, 0.25) is 0 Å². The first-order valence-electron chi connectivity index (χ1n) is 5.89. The number of hydrogen-bond acceptors (Lipinski definition) is 2. The van der Waals surface area contributed by atoms with Crippen LogP contribution in [-0.4, -0.2) is 5.11 Å². The van der Waals surface area contributed by atoms with Gasteiger partial charge in [0.1, 0.15) is 0 Å². The van der Waals surface area contributed by atoms with Crippen molar-refractivity contribution in [1.82, 2.24) is 0 Å². The predicted octanol–water partition coefficient (Wildman–Crippen LogP) is 3.44. The molecule has 0 fully saturated rings. The zero-order chi connectivity index (χ0) is 11.8. The van der Waals surface area contributed by atoms with Crippen molar-refractivity contribution in [3.05, 3.63) is 42.5 Å². The zero-order valence-electron chi connectivity index (χ0n) is 9.73. The lowest BCUT2D eigenvalue weighted by molar-refractivity contribution is 0.164. The molecule has 16 heavy (non-hydrogen) atoms. The lowest BCUT2D eigenvalue weighted by atomic mass is 10.0. The van der Waals surface area contributed by atoms with Crippen molar-refractivity contribution < 1.29 is 5.11 Å². The number of aliphatic hydroxyl groups excluding tert-OH is 1. The van der Waals surface area contributed by atoms with E-state index in [0.717, 1.165) is 37.7 Å². The third-order valence-electron chi connectivity index (χ3n) is 2.74. The Morgan fingerprint density at radius 3 is 2.69 bits per heavy atom. The number of nitrogens with two attached hydrogens (primary N) is 1. The van der Waals surface area contributed by atoms with Gasteiger partial charge < -0.3 is 10.8 Å². The minimum Gasteiger partial charge on any atom is -0.398 e. The molecule has 0 saturated heterocycles. The highest BCUT2D eigenvalue weighted by molar-refractivity contribution is 5.47. The van der Waals surface area contributed by atoms with Crippen LogP contribution in [0.25, 0.3) is 0 Å². The van der Waals surface area contributed by atoms with Crippen LogP contribution >= 0.6 is 0 Å². The summed E-state index contributed by atoms with van der Waals surface area (Å²) in [5.41, 5.74) is 7.33. The Kier molecular flexibility index (Phi) is 5.65. The molecule has 1 atom stereocenters. The van der Waals surface area contributed by atoms with Gasteiger partial charge in [0.25, 0.3) is 0 Å². The Morgan fingerprint density at radius 1 is 1.25 bits per heavy atom. The van der Waals surface area contributed by atoms with Crippen molar-refractivity contribution in [2.75, 3.05) is 5.73 Å². The van der Waals surface area contributed by atoms with E-state index in [-0.39, 0.29) is 0 Å². The van der Waals surface area contributed by atoms with Gasteiger partial charge >= 0.3 is 0 Å². The summed E-state index contributed by atoms with van der Waals surface area (Å²) in [6.45, 7) is 3.69. The predicted molar refractivity (Wildman–Crippen MR) is 69.1 cm³/mol. The molecular weight excluding hydrogens is 198 g/mol. The first-order valence-corrected chi connectivity index (χ1v) is 5.89. The van der Waals surface area contributed by atoms with E-state index in [4.69, 9.17) is 5.73 Å².